The summed E-state index contributed by atoms with van der Waals surface area (Å²) in [6, 6.07) is 0. The molecule has 0 heterocycles. The SMILES string of the molecule is CC(=O)O[C@H]1C[C@@]2(C)[C@@H](C[C@@H](O)[C@H]3[C@@]4(C)CC[C@@H](O)[C@@H](C)[C@@H]4CC[C@@]32C)/C1=C(\CCC=C(I)I)C(=O)OCOC(=O)C(C)(C)C. The molecule has 254 valence electrons. The predicted octanol–water partition coefficient (Wildman–Crippen LogP) is 7.42. The molecule has 0 aromatic heterocycles. The van der Waals surface area contributed by atoms with Crippen LogP contribution >= 0.6 is 45.2 Å². The van der Waals surface area contributed by atoms with E-state index in [1.54, 1.807) is 20.8 Å². The average molecular weight is 855 g/mol. The van der Waals surface area contributed by atoms with Crippen molar-refractivity contribution in [3.63, 3.8) is 0 Å². The maximum atomic E-state index is 13.9. The highest BCUT2D eigenvalue weighted by Crippen LogP contribution is 2.74. The molecule has 4 aliphatic rings. The fourth-order valence-electron chi connectivity index (χ4n) is 10.0. The highest BCUT2D eigenvalue weighted by molar-refractivity contribution is 14.2. The first-order chi connectivity index (χ1) is 20.8. The monoisotopic (exact) mass is 854 g/mol. The number of carbonyl (C=O) groups is 3. The second kappa shape index (κ2) is 13.6. The lowest BCUT2D eigenvalue weighted by molar-refractivity contribution is -0.234. The summed E-state index contributed by atoms with van der Waals surface area (Å²) in [5.41, 5.74) is -0.347. The number of rotatable bonds is 7. The van der Waals surface area contributed by atoms with Crippen molar-refractivity contribution in [1.29, 1.82) is 0 Å². The Bertz CT molecular complexity index is 1230. The first-order valence-electron chi connectivity index (χ1n) is 16.4. The number of fused-ring (bicyclic) bond motifs is 5. The van der Waals surface area contributed by atoms with E-state index in [9.17, 15) is 24.6 Å². The van der Waals surface area contributed by atoms with Gasteiger partial charge in [-0.2, -0.15) is 0 Å². The summed E-state index contributed by atoms with van der Waals surface area (Å²) >= 11 is 4.46. The molecule has 0 radical (unpaired) electrons. The predicted molar refractivity (Wildman–Crippen MR) is 188 cm³/mol. The van der Waals surface area contributed by atoms with Crippen LogP contribution in [0.15, 0.2) is 18.8 Å². The van der Waals surface area contributed by atoms with E-state index in [1.807, 2.05) is 6.08 Å². The lowest BCUT2D eigenvalue weighted by Gasteiger charge is -2.69. The molecule has 0 amide bonds. The van der Waals surface area contributed by atoms with Gasteiger partial charge < -0.3 is 24.4 Å². The molecule has 4 saturated carbocycles. The van der Waals surface area contributed by atoms with Crippen LogP contribution in [0.25, 0.3) is 0 Å². The summed E-state index contributed by atoms with van der Waals surface area (Å²) in [6.45, 7) is 15.2. The zero-order chi connectivity index (χ0) is 33.7. The number of aliphatic hydroxyl groups is 2. The third-order valence-corrected chi connectivity index (χ3v) is 13.2. The summed E-state index contributed by atoms with van der Waals surface area (Å²) in [6.07, 6.45) is 5.88. The molecule has 45 heavy (non-hydrogen) atoms. The number of allylic oxidation sites excluding steroid dienone is 1. The van der Waals surface area contributed by atoms with Gasteiger partial charge in [-0.05, 0) is 163 Å². The van der Waals surface area contributed by atoms with Crippen molar-refractivity contribution in [2.45, 2.75) is 125 Å². The molecule has 10 heteroatoms. The Morgan fingerprint density at radius 1 is 1.00 bits per heavy atom. The number of carbonyl (C=O) groups excluding carboxylic acids is 3. The molecule has 0 aromatic rings. The number of aliphatic hydroxyl groups excluding tert-OH is 2. The van der Waals surface area contributed by atoms with Crippen LogP contribution in [0.4, 0.5) is 0 Å². The molecule has 2 N–H and O–H groups in total. The molecule has 8 nitrogen and oxygen atoms in total. The highest BCUT2D eigenvalue weighted by atomic mass is 127. The summed E-state index contributed by atoms with van der Waals surface area (Å²) < 4.78 is 17.9. The minimum atomic E-state index is -0.739. The average Bonchev–Trinajstić information content (AvgIpc) is 3.19. The molecule has 10 atom stereocenters. The van der Waals surface area contributed by atoms with E-state index in [2.05, 4.69) is 72.9 Å². The second-order valence-electron chi connectivity index (χ2n) is 15.8. The van der Waals surface area contributed by atoms with E-state index in [4.69, 9.17) is 14.2 Å². The summed E-state index contributed by atoms with van der Waals surface area (Å²) in [5, 5.41) is 22.9. The molecule has 0 saturated heterocycles. The Morgan fingerprint density at radius 3 is 2.27 bits per heavy atom. The van der Waals surface area contributed by atoms with Crippen LogP contribution in [0.1, 0.15) is 107 Å². The van der Waals surface area contributed by atoms with Crippen LogP contribution in [-0.4, -0.2) is 53.2 Å². The lowest BCUT2D eigenvalue weighted by Crippen LogP contribution is -2.65. The van der Waals surface area contributed by atoms with Crippen LogP contribution in [-0.2, 0) is 28.6 Å². The van der Waals surface area contributed by atoms with Gasteiger partial charge >= 0.3 is 17.9 Å². The zero-order valence-electron chi connectivity index (χ0n) is 28.1. The number of halogens is 2. The van der Waals surface area contributed by atoms with E-state index >= 15 is 0 Å². The van der Waals surface area contributed by atoms with E-state index in [0.717, 1.165) is 32.8 Å². The largest absolute Gasteiger partial charge is 0.458 e. The van der Waals surface area contributed by atoms with Crippen molar-refractivity contribution in [2.75, 3.05) is 6.79 Å². The lowest BCUT2D eigenvalue weighted by atomic mass is 9.36. The van der Waals surface area contributed by atoms with Gasteiger partial charge in [-0.3, -0.25) is 9.59 Å². The smallest absolute Gasteiger partial charge is 0.336 e. The van der Waals surface area contributed by atoms with E-state index in [1.165, 1.54) is 6.92 Å². The molecule has 0 aliphatic heterocycles. The minimum absolute atomic E-state index is 0.00743. The van der Waals surface area contributed by atoms with Gasteiger partial charge in [-0.1, -0.05) is 33.8 Å². The summed E-state index contributed by atoms with van der Waals surface area (Å²) in [5.74, 6) is -1.18. The fourth-order valence-corrected chi connectivity index (χ4v) is 10.7. The van der Waals surface area contributed by atoms with Crippen molar-refractivity contribution in [3.05, 3.63) is 18.8 Å². The Kier molecular flexibility index (Phi) is 11.2. The van der Waals surface area contributed by atoms with Gasteiger partial charge in [0, 0.05) is 14.1 Å². The van der Waals surface area contributed by atoms with Crippen molar-refractivity contribution >= 4 is 63.1 Å². The minimum Gasteiger partial charge on any atom is -0.458 e. The first-order valence-corrected chi connectivity index (χ1v) is 18.6. The van der Waals surface area contributed by atoms with Crippen molar-refractivity contribution in [2.24, 2.45) is 45.3 Å². The molecular formula is C35H52I2O8. The quantitative estimate of drug-likeness (QED) is 0.118. The van der Waals surface area contributed by atoms with Gasteiger partial charge in [-0.25, -0.2) is 4.79 Å². The van der Waals surface area contributed by atoms with Gasteiger partial charge in [0.15, 0.2) is 0 Å². The normalized spacial score (nSPS) is 40.3. The van der Waals surface area contributed by atoms with Crippen LogP contribution in [0.3, 0.4) is 0 Å². The third-order valence-electron chi connectivity index (χ3n) is 12.3. The van der Waals surface area contributed by atoms with Crippen molar-refractivity contribution in [3.8, 4) is 0 Å². The number of hydrogen-bond donors (Lipinski definition) is 2. The molecular weight excluding hydrogens is 802 g/mol. The molecule has 4 rings (SSSR count). The van der Waals surface area contributed by atoms with E-state index in [-0.39, 0.29) is 40.1 Å². The maximum absolute atomic E-state index is 13.9. The molecule has 0 bridgehead atoms. The second-order valence-corrected chi connectivity index (χ2v) is 20.2. The van der Waals surface area contributed by atoms with Crippen LogP contribution in [0.5, 0.6) is 0 Å². The standard InChI is InChI=1S/C35H52I2O8/c1-19-22-12-15-34(7)29(33(22,6)14-13-24(19)39)25(40)16-23-28(26(45-20(2)38)17-35(23,34)8)21(10-9-11-27(36)37)30(41)43-18-44-31(42)32(3,4)5/h11,19,22-26,29,39-40H,9-10,12-18H2,1-8H3/b28-21-/t19-,22-,23-,24+,25+,26-,29-,33-,34-,35-/m0/s1. The summed E-state index contributed by atoms with van der Waals surface area (Å²) in [4.78, 5) is 38.8. The fraction of sp³-hybridized carbons (Fsp3) is 0.800. The maximum Gasteiger partial charge on any atom is 0.336 e. The van der Waals surface area contributed by atoms with Gasteiger partial charge in [0.25, 0.3) is 0 Å². The molecule has 4 fully saturated rings. The topological polar surface area (TPSA) is 119 Å². The van der Waals surface area contributed by atoms with Gasteiger partial charge in [0.05, 0.1) is 17.6 Å². The summed E-state index contributed by atoms with van der Waals surface area (Å²) in [7, 11) is 0. The van der Waals surface area contributed by atoms with E-state index in [0.29, 0.717) is 37.2 Å². The van der Waals surface area contributed by atoms with Crippen molar-refractivity contribution < 1.29 is 38.8 Å². The number of hydrogen-bond acceptors (Lipinski definition) is 8. The molecule has 0 aromatic carbocycles. The highest BCUT2D eigenvalue weighted by Gasteiger charge is 2.70. The van der Waals surface area contributed by atoms with Gasteiger partial charge in [0.2, 0.25) is 6.79 Å². The van der Waals surface area contributed by atoms with Gasteiger partial charge in [0.1, 0.15) is 6.10 Å². The van der Waals surface area contributed by atoms with Gasteiger partial charge in [-0.15, -0.1) is 0 Å². The van der Waals surface area contributed by atoms with E-state index < -0.39 is 42.3 Å². The number of ether oxygens (including phenoxy) is 3. The molecule has 0 unspecified atom stereocenters. The van der Waals surface area contributed by atoms with Crippen LogP contribution in [0, 0.1) is 45.3 Å². The van der Waals surface area contributed by atoms with Crippen LogP contribution < -0.4 is 0 Å². The first kappa shape index (κ1) is 37.1. The van der Waals surface area contributed by atoms with Crippen molar-refractivity contribution in [1.82, 2.24) is 0 Å². The Labute approximate surface area is 296 Å². The third kappa shape index (κ3) is 6.91. The molecule has 4 aliphatic carbocycles. The Morgan fingerprint density at radius 2 is 1.67 bits per heavy atom. The number of esters is 3. The Hall–Kier alpha value is -0.730. The zero-order valence-corrected chi connectivity index (χ0v) is 32.4. The molecule has 0 spiro atoms. The van der Waals surface area contributed by atoms with Crippen LogP contribution in [0.2, 0.25) is 0 Å². The Balaban J connectivity index is 1.78.